The Morgan fingerprint density at radius 2 is 2.00 bits per heavy atom. The molecule has 1 aromatic carbocycles. The molecule has 0 radical (unpaired) electrons. The first-order valence-electron chi connectivity index (χ1n) is 6.78. The predicted molar refractivity (Wildman–Crippen MR) is 81.6 cm³/mol. The van der Waals surface area contributed by atoms with Crippen LogP contribution in [0.3, 0.4) is 0 Å². The standard InChI is InChI=1S/C16H24N2O2/c1-5-11-17-12-14(13-9-7-6-8-10-13)18-15(19)20-16(2,3)4/h5-10,14,17H,1,11-12H2,2-4H3,(H,18,19). The second-order valence-electron chi connectivity index (χ2n) is 5.56. The number of nitrogens with one attached hydrogen (secondary N) is 2. The first-order valence-corrected chi connectivity index (χ1v) is 6.78. The van der Waals surface area contributed by atoms with E-state index in [0.717, 1.165) is 5.56 Å². The van der Waals surface area contributed by atoms with Crippen LogP contribution in [-0.4, -0.2) is 24.8 Å². The van der Waals surface area contributed by atoms with Gasteiger partial charge in [0.1, 0.15) is 5.60 Å². The van der Waals surface area contributed by atoms with Crippen molar-refractivity contribution >= 4 is 6.09 Å². The third-order valence-electron chi connectivity index (χ3n) is 2.53. The maximum Gasteiger partial charge on any atom is 0.408 e. The van der Waals surface area contributed by atoms with Crippen LogP contribution in [-0.2, 0) is 4.74 Å². The number of hydrogen-bond acceptors (Lipinski definition) is 3. The van der Waals surface area contributed by atoms with E-state index in [-0.39, 0.29) is 6.04 Å². The zero-order valence-electron chi connectivity index (χ0n) is 12.5. The van der Waals surface area contributed by atoms with Crippen molar-refractivity contribution in [2.45, 2.75) is 32.4 Å². The number of carbonyl (C=O) groups excluding carboxylic acids is 1. The monoisotopic (exact) mass is 276 g/mol. The number of amides is 1. The maximum absolute atomic E-state index is 11.9. The van der Waals surface area contributed by atoms with Crippen LogP contribution < -0.4 is 10.6 Å². The van der Waals surface area contributed by atoms with Crippen molar-refractivity contribution in [1.82, 2.24) is 10.6 Å². The Bertz CT molecular complexity index is 424. The van der Waals surface area contributed by atoms with Gasteiger partial charge >= 0.3 is 6.09 Å². The van der Waals surface area contributed by atoms with E-state index >= 15 is 0 Å². The Morgan fingerprint density at radius 3 is 2.55 bits per heavy atom. The number of rotatable bonds is 6. The van der Waals surface area contributed by atoms with Gasteiger partial charge in [-0.25, -0.2) is 4.79 Å². The minimum atomic E-state index is -0.500. The van der Waals surface area contributed by atoms with Crippen molar-refractivity contribution in [3.8, 4) is 0 Å². The fraction of sp³-hybridized carbons (Fsp3) is 0.438. The van der Waals surface area contributed by atoms with Crippen molar-refractivity contribution in [3.05, 3.63) is 48.6 Å². The molecule has 20 heavy (non-hydrogen) atoms. The lowest BCUT2D eigenvalue weighted by molar-refractivity contribution is 0.0503. The molecule has 1 unspecified atom stereocenters. The summed E-state index contributed by atoms with van der Waals surface area (Å²) in [6.45, 7) is 10.5. The molecular weight excluding hydrogens is 252 g/mol. The smallest absolute Gasteiger partial charge is 0.408 e. The normalized spacial score (nSPS) is 12.6. The summed E-state index contributed by atoms with van der Waals surface area (Å²) in [5.41, 5.74) is 0.537. The molecule has 0 aliphatic heterocycles. The van der Waals surface area contributed by atoms with Crippen LogP contribution in [0.5, 0.6) is 0 Å². The van der Waals surface area contributed by atoms with Crippen LogP contribution in [0.25, 0.3) is 0 Å². The fourth-order valence-electron chi connectivity index (χ4n) is 1.72. The fourth-order valence-corrected chi connectivity index (χ4v) is 1.72. The highest BCUT2D eigenvalue weighted by molar-refractivity contribution is 5.68. The lowest BCUT2D eigenvalue weighted by atomic mass is 10.1. The lowest BCUT2D eigenvalue weighted by Gasteiger charge is -2.24. The highest BCUT2D eigenvalue weighted by atomic mass is 16.6. The quantitative estimate of drug-likeness (QED) is 0.620. The number of benzene rings is 1. The Balaban J connectivity index is 2.68. The second kappa shape index (κ2) is 7.70. The van der Waals surface area contributed by atoms with E-state index in [4.69, 9.17) is 4.74 Å². The van der Waals surface area contributed by atoms with Gasteiger partial charge in [-0.15, -0.1) is 6.58 Å². The number of ether oxygens (including phenoxy) is 1. The first kappa shape index (κ1) is 16.2. The zero-order chi connectivity index (χ0) is 15.0. The van der Waals surface area contributed by atoms with E-state index < -0.39 is 11.7 Å². The summed E-state index contributed by atoms with van der Waals surface area (Å²) in [6.07, 6.45) is 1.38. The molecule has 0 aliphatic carbocycles. The summed E-state index contributed by atoms with van der Waals surface area (Å²) in [5, 5.41) is 6.10. The Kier molecular flexibility index (Phi) is 6.25. The van der Waals surface area contributed by atoms with E-state index in [1.54, 1.807) is 6.08 Å². The minimum absolute atomic E-state index is 0.133. The van der Waals surface area contributed by atoms with E-state index in [9.17, 15) is 4.79 Å². The van der Waals surface area contributed by atoms with Gasteiger partial charge < -0.3 is 15.4 Å². The molecule has 0 heterocycles. The number of hydrogen-bond donors (Lipinski definition) is 2. The molecule has 0 aromatic heterocycles. The van der Waals surface area contributed by atoms with Crippen molar-refractivity contribution in [1.29, 1.82) is 0 Å². The topological polar surface area (TPSA) is 50.4 Å². The van der Waals surface area contributed by atoms with Crippen molar-refractivity contribution in [3.63, 3.8) is 0 Å². The Labute approximate surface area is 121 Å². The summed E-state index contributed by atoms with van der Waals surface area (Å²) in [7, 11) is 0. The predicted octanol–water partition coefficient (Wildman–Crippen LogP) is 3.03. The van der Waals surface area contributed by atoms with Gasteiger partial charge in [-0.1, -0.05) is 36.4 Å². The van der Waals surface area contributed by atoms with Crippen molar-refractivity contribution in [2.24, 2.45) is 0 Å². The van der Waals surface area contributed by atoms with E-state index in [1.807, 2.05) is 51.1 Å². The third kappa shape index (κ3) is 6.38. The molecule has 0 fully saturated rings. The first-order chi connectivity index (χ1) is 9.42. The number of alkyl carbamates (subject to hydrolysis) is 1. The molecule has 0 aliphatic rings. The molecule has 110 valence electrons. The van der Waals surface area contributed by atoms with Gasteiger partial charge in [0.2, 0.25) is 0 Å². The van der Waals surface area contributed by atoms with Gasteiger partial charge in [0.25, 0.3) is 0 Å². The maximum atomic E-state index is 11.9. The molecule has 0 bridgehead atoms. The largest absolute Gasteiger partial charge is 0.444 e. The Hall–Kier alpha value is -1.81. The average molecular weight is 276 g/mol. The van der Waals surface area contributed by atoms with E-state index in [2.05, 4.69) is 17.2 Å². The van der Waals surface area contributed by atoms with Crippen LogP contribution in [0.1, 0.15) is 32.4 Å². The molecular formula is C16H24N2O2. The van der Waals surface area contributed by atoms with Crippen LogP contribution in [0.2, 0.25) is 0 Å². The molecule has 1 aromatic rings. The van der Waals surface area contributed by atoms with Gasteiger partial charge in [0, 0.05) is 13.1 Å². The lowest BCUT2D eigenvalue weighted by Crippen LogP contribution is -2.39. The van der Waals surface area contributed by atoms with Gasteiger partial charge in [-0.2, -0.15) is 0 Å². The summed E-state index contributed by atoms with van der Waals surface area (Å²) >= 11 is 0. The van der Waals surface area contributed by atoms with Crippen LogP contribution >= 0.6 is 0 Å². The average Bonchev–Trinajstić information content (AvgIpc) is 2.37. The molecule has 1 atom stereocenters. The molecule has 1 rings (SSSR count). The molecule has 0 spiro atoms. The second-order valence-corrected chi connectivity index (χ2v) is 5.56. The zero-order valence-corrected chi connectivity index (χ0v) is 12.5. The molecule has 2 N–H and O–H groups in total. The summed E-state index contributed by atoms with van der Waals surface area (Å²) in [5.74, 6) is 0. The summed E-state index contributed by atoms with van der Waals surface area (Å²) in [4.78, 5) is 11.9. The minimum Gasteiger partial charge on any atom is -0.444 e. The van der Waals surface area contributed by atoms with E-state index in [1.165, 1.54) is 0 Å². The van der Waals surface area contributed by atoms with Gasteiger partial charge in [-0.05, 0) is 26.3 Å². The summed E-state index contributed by atoms with van der Waals surface area (Å²) in [6, 6.07) is 9.69. The molecule has 0 saturated heterocycles. The van der Waals surface area contributed by atoms with Crippen molar-refractivity contribution < 1.29 is 9.53 Å². The van der Waals surface area contributed by atoms with Gasteiger partial charge in [-0.3, -0.25) is 0 Å². The van der Waals surface area contributed by atoms with Gasteiger partial charge in [0.15, 0.2) is 0 Å². The number of carbonyl (C=O) groups is 1. The highest BCUT2D eigenvalue weighted by Gasteiger charge is 2.20. The molecule has 4 heteroatoms. The highest BCUT2D eigenvalue weighted by Crippen LogP contribution is 2.13. The Morgan fingerprint density at radius 1 is 1.35 bits per heavy atom. The molecule has 0 saturated carbocycles. The third-order valence-corrected chi connectivity index (χ3v) is 2.53. The summed E-state index contributed by atoms with van der Waals surface area (Å²) < 4.78 is 5.30. The van der Waals surface area contributed by atoms with Gasteiger partial charge in [0.05, 0.1) is 6.04 Å². The van der Waals surface area contributed by atoms with Crippen LogP contribution in [0.15, 0.2) is 43.0 Å². The SMILES string of the molecule is C=CCNCC(NC(=O)OC(C)(C)C)c1ccccc1. The van der Waals surface area contributed by atoms with Crippen LogP contribution in [0.4, 0.5) is 4.79 Å². The molecule has 1 amide bonds. The molecule has 4 nitrogen and oxygen atoms in total. The van der Waals surface area contributed by atoms with E-state index in [0.29, 0.717) is 13.1 Å². The van der Waals surface area contributed by atoms with Crippen LogP contribution in [0, 0.1) is 0 Å². The van der Waals surface area contributed by atoms with Crippen molar-refractivity contribution in [2.75, 3.05) is 13.1 Å².